The fourth-order valence-electron chi connectivity index (χ4n) is 5.87. The van der Waals surface area contributed by atoms with Crippen LogP contribution in [0.4, 0.5) is 0 Å². The van der Waals surface area contributed by atoms with Gasteiger partial charge in [0.2, 0.25) is 0 Å². The SMILES string of the molecule is CCCCCOC(=O)C(C)c1ccc(OC(=O)c2ccc(-c3ccc(OCCCCCCCC4CCCC4)cc3)cc2)cc1. The van der Waals surface area contributed by atoms with E-state index in [2.05, 4.69) is 19.1 Å². The van der Waals surface area contributed by atoms with Crippen molar-refractivity contribution in [3.05, 3.63) is 83.9 Å². The van der Waals surface area contributed by atoms with Crippen molar-refractivity contribution in [2.45, 2.75) is 103 Å². The lowest BCUT2D eigenvalue weighted by atomic mass is 9.99. The first kappa shape index (κ1) is 33.3. The van der Waals surface area contributed by atoms with E-state index in [1.54, 1.807) is 36.4 Å². The van der Waals surface area contributed by atoms with Crippen molar-refractivity contribution >= 4 is 11.9 Å². The first-order valence-corrected chi connectivity index (χ1v) is 16.9. The molecule has 0 saturated heterocycles. The van der Waals surface area contributed by atoms with Crippen molar-refractivity contribution in [2.24, 2.45) is 5.92 Å². The van der Waals surface area contributed by atoms with E-state index < -0.39 is 5.97 Å². The third kappa shape index (κ3) is 10.8. The minimum Gasteiger partial charge on any atom is -0.494 e. The molecule has 0 heterocycles. The Hall–Kier alpha value is -3.60. The molecular formula is C39H50O5. The monoisotopic (exact) mass is 598 g/mol. The minimum absolute atomic E-state index is 0.238. The highest BCUT2D eigenvalue weighted by atomic mass is 16.5. The van der Waals surface area contributed by atoms with Gasteiger partial charge >= 0.3 is 11.9 Å². The summed E-state index contributed by atoms with van der Waals surface area (Å²) in [6, 6.07) is 22.6. The van der Waals surface area contributed by atoms with Crippen LogP contribution in [0.3, 0.4) is 0 Å². The van der Waals surface area contributed by atoms with Crippen molar-refractivity contribution < 1.29 is 23.8 Å². The molecule has 5 heteroatoms. The Morgan fingerprint density at radius 3 is 1.98 bits per heavy atom. The summed E-state index contributed by atoms with van der Waals surface area (Å²) in [5.41, 5.74) is 3.38. The zero-order valence-electron chi connectivity index (χ0n) is 26.7. The van der Waals surface area contributed by atoms with Crippen LogP contribution in [0.5, 0.6) is 11.5 Å². The van der Waals surface area contributed by atoms with Gasteiger partial charge in [-0.25, -0.2) is 4.79 Å². The van der Waals surface area contributed by atoms with Crippen LogP contribution in [-0.2, 0) is 9.53 Å². The van der Waals surface area contributed by atoms with Gasteiger partial charge in [0.25, 0.3) is 0 Å². The summed E-state index contributed by atoms with van der Waals surface area (Å²) < 4.78 is 16.9. The second-order valence-corrected chi connectivity index (χ2v) is 12.2. The van der Waals surface area contributed by atoms with Gasteiger partial charge in [0.05, 0.1) is 24.7 Å². The number of hydrogen-bond donors (Lipinski definition) is 0. The van der Waals surface area contributed by atoms with E-state index in [1.165, 1.54) is 57.8 Å². The molecule has 0 bridgehead atoms. The van der Waals surface area contributed by atoms with Gasteiger partial charge in [-0.15, -0.1) is 0 Å². The number of carbonyl (C=O) groups excluding carboxylic acids is 2. The van der Waals surface area contributed by atoms with Gasteiger partial charge in [-0.05, 0) is 78.8 Å². The highest BCUT2D eigenvalue weighted by Gasteiger charge is 2.17. The molecule has 1 atom stereocenters. The number of ether oxygens (including phenoxy) is 3. The van der Waals surface area contributed by atoms with Gasteiger partial charge in [0, 0.05) is 0 Å². The summed E-state index contributed by atoms with van der Waals surface area (Å²) in [5.74, 6) is 1.30. The standard InChI is InChI=1S/C39H50O5/c1-3-4-11-29-43-38(40)30(2)32-20-26-37(27-21-32)44-39(41)35-18-16-33(17-19-35)34-22-24-36(25-23-34)42-28-12-7-5-6-8-13-31-14-9-10-15-31/h16-27,30-31H,3-15,28-29H2,1-2H3. The van der Waals surface area contributed by atoms with E-state index >= 15 is 0 Å². The van der Waals surface area contributed by atoms with E-state index in [0.29, 0.717) is 17.9 Å². The number of unbranched alkanes of at least 4 members (excludes halogenated alkanes) is 6. The molecular weight excluding hydrogens is 548 g/mol. The van der Waals surface area contributed by atoms with Crippen LogP contribution in [0.1, 0.15) is 119 Å². The summed E-state index contributed by atoms with van der Waals surface area (Å²) in [7, 11) is 0. The Morgan fingerprint density at radius 2 is 1.30 bits per heavy atom. The maximum Gasteiger partial charge on any atom is 0.343 e. The molecule has 1 aliphatic rings. The fraction of sp³-hybridized carbons (Fsp3) is 0.487. The summed E-state index contributed by atoms with van der Waals surface area (Å²) in [5, 5.41) is 0. The molecule has 44 heavy (non-hydrogen) atoms. The summed E-state index contributed by atoms with van der Waals surface area (Å²) in [4.78, 5) is 25.1. The largest absolute Gasteiger partial charge is 0.494 e. The van der Waals surface area contributed by atoms with Crippen molar-refractivity contribution in [3.8, 4) is 22.6 Å². The summed E-state index contributed by atoms with van der Waals surface area (Å²) in [6.45, 7) is 5.15. The Morgan fingerprint density at radius 1 is 0.705 bits per heavy atom. The zero-order chi connectivity index (χ0) is 31.0. The topological polar surface area (TPSA) is 61.8 Å². The third-order valence-electron chi connectivity index (χ3n) is 8.74. The van der Waals surface area contributed by atoms with Crippen LogP contribution in [0, 0.1) is 5.92 Å². The van der Waals surface area contributed by atoms with Crippen molar-refractivity contribution in [2.75, 3.05) is 13.2 Å². The van der Waals surface area contributed by atoms with E-state index in [0.717, 1.165) is 60.6 Å². The van der Waals surface area contributed by atoms with Gasteiger partial charge in [-0.1, -0.05) is 114 Å². The molecule has 1 aliphatic carbocycles. The number of carbonyl (C=O) groups is 2. The average molecular weight is 599 g/mol. The van der Waals surface area contributed by atoms with Crippen LogP contribution >= 0.6 is 0 Å². The molecule has 0 radical (unpaired) electrons. The van der Waals surface area contributed by atoms with Crippen LogP contribution in [0.15, 0.2) is 72.8 Å². The highest BCUT2D eigenvalue weighted by molar-refractivity contribution is 5.91. The third-order valence-corrected chi connectivity index (χ3v) is 8.74. The first-order valence-electron chi connectivity index (χ1n) is 16.9. The average Bonchev–Trinajstić information content (AvgIpc) is 3.58. The van der Waals surface area contributed by atoms with Gasteiger partial charge < -0.3 is 14.2 Å². The normalized spacial score (nSPS) is 13.9. The molecule has 0 spiro atoms. The lowest BCUT2D eigenvalue weighted by Gasteiger charge is -2.12. The molecule has 236 valence electrons. The fourth-order valence-corrected chi connectivity index (χ4v) is 5.87. The highest BCUT2D eigenvalue weighted by Crippen LogP contribution is 2.29. The Bertz CT molecular complexity index is 1260. The van der Waals surface area contributed by atoms with Gasteiger partial charge in [0.15, 0.2) is 0 Å². The molecule has 4 rings (SSSR count). The lowest BCUT2D eigenvalue weighted by molar-refractivity contribution is -0.145. The van der Waals surface area contributed by atoms with E-state index in [-0.39, 0.29) is 11.9 Å². The smallest absolute Gasteiger partial charge is 0.343 e. The number of hydrogen-bond acceptors (Lipinski definition) is 5. The molecule has 0 aliphatic heterocycles. The number of esters is 2. The van der Waals surface area contributed by atoms with Crippen molar-refractivity contribution in [3.63, 3.8) is 0 Å². The maximum absolute atomic E-state index is 12.7. The summed E-state index contributed by atoms with van der Waals surface area (Å²) >= 11 is 0. The second kappa shape index (κ2) is 18.3. The predicted octanol–water partition coefficient (Wildman–Crippen LogP) is 10.3. The molecule has 0 amide bonds. The lowest BCUT2D eigenvalue weighted by Crippen LogP contribution is -2.14. The van der Waals surface area contributed by atoms with Crippen molar-refractivity contribution in [1.29, 1.82) is 0 Å². The van der Waals surface area contributed by atoms with E-state index in [9.17, 15) is 9.59 Å². The molecule has 1 fully saturated rings. The molecule has 0 aromatic heterocycles. The van der Waals surface area contributed by atoms with Gasteiger partial charge in [-0.2, -0.15) is 0 Å². The second-order valence-electron chi connectivity index (χ2n) is 12.2. The van der Waals surface area contributed by atoms with Crippen LogP contribution in [0.25, 0.3) is 11.1 Å². The van der Waals surface area contributed by atoms with E-state index in [4.69, 9.17) is 14.2 Å². The molecule has 5 nitrogen and oxygen atoms in total. The van der Waals surface area contributed by atoms with Gasteiger partial charge in [-0.3, -0.25) is 4.79 Å². The number of benzene rings is 3. The van der Waals surface area contributed by atoms with Crippen LogP contribution in [0.2, 0.25) is 0 Å². The Balaban J connectivity index is 1.16. The predicted molar refractivity (Wildman–Crippen MR) is 177 cm³/mol. The molecule has 3 aromatic rings. The summed E-state index contributed by atoms with van der Waals surface area (Å²) in [6.07, 6.45) is 16.7. The van der Waals surface area contributed by atoms with Gasteiger partial charge in [0.1, 0.15) is 11.5 Å². The zero-order valence-corrected chi connectivity index (χ0v) is 26.7. The Kier molecular flexibility index (Phi) is 13.8. The molecule has 1 unspecified atom stereocenters. The van der Waals surface area contributed by atoms with Crippen molar-refractivity contribution in [1.82, 2.24) is 0 Å². The Labute approximate surface area is 264 Å². The van der Waals surface area contributed by atoms with Crippen LogP contribution in [-0.4, -0.2) is 25.2 Å². The minimum atomic E-state index is -0.426. The van der Waals surface area contributed by atoms with E-state index in [1.807, 2.05) is 31.2 Å². The molecule has 3 aromatic carbocycles. The number of rotatable bonds is 18. The maximum atomic E-state index is 12.7. The molecule has 0 N–H and O–H groups in total. The quantitative estimate of drug-likeness (QED) is 0.0828. The first-order chi connectivity index (χ1) is 21.5. The molecule has 1 saturated carbocycles. The van der Waals surface area contributed by atoms with Crippen LogP contribution < -0.4 is 9.47 Å².